The maximum absolute atomic E-state index is 13.9. The van der Waals surface area contributed by atoms with Gasteiger partial charge in [-0.2, -0.15) is 0 Å². The van der Waals surface area contributed by atoms with E-state index in [2.05, 4.69) is 30.9 Å². The van der Waals surface area contributed by atoms with E-state index >= 15 is 0 Å². The molecule has 0 unspecified atom stereocenters. The summed E-state index contributed by atoms with van der Waals surface area (Å²) in [6.07, 6.45) is 0.509. The Bertz CT molecular complexity index is 982. The monoisotopic (exact) mass is 415 g/mol. The van der Waals surface area contributed by atoms with Gasteiger partial charge in [0.15, 0.2) is 0 Å². The lowest BCUT2D eigenvalue weighted by molar-refractivity contribution is -0.149. The third-order valence-corrected chi connectivity index (χ3v) is 6.11. The highest BCUT2D eigenvalue weighted by molar-refractivity contribution is 5.91. The zero-order valence-corrected chi connectivity index (χ0v) is 18.2. The molecule has 4 nitrogen and oxygen atoms in total. The zero-order chi connectivity index (χ0) is 21.7. The molecule has 0 atom stereocenters. The van der Waals surface area contributed by atoms with Crippen LogP contribution in [0.2, 0.25) is 0 Å². The van der Waals surface area contributed by atoms with Gasteiger partial charge < -0.3 is 14.4 Å². The van der Waals surface area contributed by atoms with Gasteiger partial charge in [0.1, 0.15) is 23.5 Å². The second-order valence-electron chi connectivity index (χ2n) is 7.82. The number of fused-ring (bicyclic) bond motifs is 2. The van der Waals surface area contributed by atoms with Gasteiger partial charge in [-0.25, -0.2) is 0 Å². The molecule has 0 bridgehead atoms. The van der Waals surface area contributed by atoms with E-state index < -0.39 is 5.41 Å². The average Bonchev–Trinajstić information content (AvgIpc) is 2.82. The maximum Gasteiger partial charge on any atom is 0.321 e. The summed E-state index contributed by atoms with van der Waals surface area (Å²) >= 11 is 0. The topological polar surface area (TPSA) is 38.8 Å². The van der Waals surface area contributed by atoms with Crippen LogP contribution in [0.5, 0.6) is 11.5 Å². The fraction of sp³-hybridized carbons (Fsp3) is 0.296. The lowest BCUT2D eigenvalue weighted by Crippen LogP contribution is -2.44. The minimum absolute atomic E-state index is 0.230. The number of carbonyl (C=O) groups excluding carboxylic acids is 1. The molecule has 4 heteroatoms. The van der Waals surface area contributed by atoms with Gasteiger partial charge in [0.2, 0.25) is 0 Å². The molecule has 0 saturated carbocycles. The first-order valence-corrected chi connectivity index (χ1v) is 11.0. The first-order valence-electron chi connectivity index (χ1n) is 11.0. The van der Waals surface area contributed by atoms with Gasteiger partial charge in [-0.1, -0.05) is 80.6 Å². The molecule has 3 aromatic carbocycles. The van der Waals surface area contributed by atoms with E-state index in [1.165, 1.54) is 0 Å². The highest BCUT2D eigenvalue weighted by Gasteiger charge is 2.49. The van der Waals surface area contributed by atoms with Crippen LogP contribution in [0.3, 0.4) is 0 Å². The summed E-state index contributed by atoms with van der Waals surface area (Å²) in [7, 11) is 0. The number of nitrogens with zero attached hydrogens (tertiary/aromatic N) is 1. The van der Waals surface area contributed by atoms with Crippen molar-refractivity contribution in [1.82, 2.24) is 4.90 Å². The maximum atomic E-state index is 13.9. The molecule has 0 radical (unpaired) electrons. The SMILES string of the molecule is CCN(CC)CCOC(=O)C1(Cc2ccccc2)c2ccccc2Oc2ccccc21. The molecule has 0 spiro atoms. The van der Waals surface area contributed by atoms with E-state index in [4.69, 9.17) is 9.47 Å². The summed E-state index contributed by atoms with van der Waals surface area (Å²) in [6.45, 7) is 7.19. The van der Waals surface area contributed by atoms with Gasteiger partial charge >= 0.3 is 5.97 Å². The number of ether oxygens (including phenoxy) is 2. The second kappa shape index (κ2) is 9.36. The number of likely N-dealkylation sites (N-methyl/N-ethyl adjacent to an activating group) is 1. The number of esters is 1. The van der Waals surface area contributed by atoms with Crippen molar-refractivity contribution < 1.29 is 14.3 Å². The predicted octanol–water partition coefficient (Wildman–Crippen LogP) is 5.21. The van der Waals surface area contributed by atoms with Crippen LogP contribution in [0.4, 0.5) is 0 Å². The summed E-state index contributed by atoms with van der Waals surface area (Å²) in [6, 6.07) is 25.7. The Kier molecular flexibility index (Phi) is 6.38. The van der Waals surface area contributed by atoms with Crippen molar-refractivity contribution in [3.05, 3.63) is 95.6 Å². The van der Waals surface area contributed by atoms with Crippen LogP contribution in [-0.2, 0) is 21.4 Å². The summed E-state index contributed by atoms with van der Waals surface area (Å²) < 4.78 is 12.2. The summed E-state index contributed by atoms with van der Waals surface area (Å²) in [5, 5.41) is 0. The molecule has 1 heterocycles. The Morgan fingerprint density at radius 3 is 1.97 bits per heavy atom. The first-order chi connectivity index (χ1) is 15.2. The van der Waals surface area contributed by atoms with E-state index in [0.29, 0.717) is 24.5 Å². The van der Waals surface area contributed by atoms with Crippen molar-refractivity contribution in [1.29, 1.82) is 0 Å². The third-order valence-electron chi connectivity index (χ3n) is 6.11. The molecule has 0 aliphatic carbocycles. The van der Waals surface area contributed by atoms with Gasteiger partial charge in [0.05, 0.1) is 0 Å². The van der Waals surface area contributed by atoms with Crippen LogP contribution >= 0.6 is 0 Å². The molecule has 1 aliphatic rings. The molecule has 0 N–H and O–H groups in total. The molecule has 0 fully saturated rings. The summed E-state index contributed by atoms with van der Waals surface area (Å²) in [5.41, 5.74) is 1.82. The lowest BCUT2D eigenvalue weighted by Gasteiger charge is -2.38. The lowest BCUT2D eigenvalue weighted by atomic mass is 9.68. The highest BCUT2D eigenvalue weighted by atomic mass is 16.5. The van der Waals surface area contributed by atoms with Crippen molar-refractivity contribution in [3.63, 3.8) is 0 Å². The quantitative estimate of drug-likeness (QED) is 0.474. The Hall–Kier alpha value is -3.11. The van der Waals surface area contributed by atoms with E-state index in [1.54, 1.807) is 0 Å². The standard InChI is InChI=1S/C27H29NO3/c1-3-28(4-2)18-19-30-26(29)27(20-21-12-6-5-7-13-21)22-14-8-10-16-24(22)31-25-17-11-9-15-23(25)27/h5-17H,3-4,18-20H2,1-2H3. The van der Waals surface area contributed by atoms with Crippen LogP contribution in [0.1, 0.15) is 30.5 Å². The Morgan fingerprint density at radius 1 is 0.839 bits per heavy atom. The minimum Gasteiger partial charge on any atom is -0.463 e. The number of benzene rings is 3. The number of hydrogen-bond acceptors (Lipinski definition) is 4. The second-order valence-corrected chi connectivity index (χ2v) is 7.82. The fourth-order valence-corrected chi connectivity index (χ4v) is 4.40. The number of rotatable bonds is 8. The van der Waals surface area contributed by atoms with Gasteiger partial charge in [0, 0.05) is 17.7 Å². The third kappa shape index (κ3) is 4.08. The Morgan fingerprint density at radius 2 is 1.39 bits per heavy atom. The zero-order valence-electron chi connectivity index (χ0n) is 18.2. The molecular weight excluding hydrogens is 386 g/mol. The van der Waals surface area contributed by atoms with Crippen LogP contribution in [-0.4, -0.2) is 37.1 Å². The van der Waals surface area contributed by atoms with Crippen LogP contribution in [0.15, 0.2) is 78.9 Å². The van der Waals surface area contributed by atoms with Gasteiger partial charge in [0.25, 0.3) is 0 Å². The van der Waals surface area contributed by atoms with Crippen molar-refractivity contribution in [2.75, 3.05) is 26.2 Å². The Labute approximate surface area is 184 Å². The van der Waals surface area contributed by atoms with Crippen molar-refractivity contribution in [2.24, 2.45) is 0 Å². The van der Waals surface area contributed by atoms with Gasteiger partial charge in [-0.15, -0.1) is 0 Å². The van der Waals surface area contributed by atoms with E-state index in [0.717, 1.165) is 36.3 Å². The number of carbonyl (C=O) groups is 1. The summed E-state index contributed by atoms with van der Waals surface area (Å²) in [4.78, 5) is 16.2. The predicted molar refractivity (Wildman–Crippen MR) is 123 cm³/mol. The van der Waals surface area contributed by atoms with E-state index in [1.807, 2.05) is 66.7 Å². The Balaban J connectivity index is 1.79. The van der Waals surface area contributed by atoms with Crippen molar-refractivity contribution >= 4 is 5.97 Å². The molecule has 0 saturated heterocycles. The van der Waals surface area contributed by atoms with E-state index in [9.17, 15) is 4.79 Å². The normalized spacial score (nSPS) is 13.8. The molecule has 1 aliphatic heterocycles. The van der Waals surface area contributed by atoms with Crippen LogP contribution < -0.4 is 4.74 Å². The van der Waals surface area contributed by atoms with Gasteiger partial charge in [-0.3, -0.25) is 4.79 Å². The molecule has 0 aromatic heterocycles. The smallest absolute Gasteiger partial charge is 0.321 e. The molecule has 31 heavy (non-hydrogen) atoms. The van der Waals surface area contributed by atoms with Crippen molar-refractivity contribution in [2.45, 2.75) is 25.7 Å². The fourth-order valence-electron chi connectivity index (χ4n) is 4.40. The molecule has 3 aromatic rings. The molecule has 0 amide bonds. The molecule has 160 valence electrons. The van der Waals surface area contributed by atoms with Gasteiger partial charge in [-0.05, 0) is 37.2 Å². The van der Waals surface area contributed by atoms with Crippen LogP contribution in [0, 0.1) is 0 Å². The van der Waals surface area contributed by atoms with Crippen LogP contribution in [0.25, 0.3) is 0 Å². The number of hydrogen-bond donors (Lipinski definition) is 0. The first kappa shape index (κ1) is 21.1. The number of para-hydroxylation sites is 2. The molecular formula is C27H29NO3. The van der Waals surface area contributed by atoms with Crippen molar-refractivity contribution in [3.8, 4) is 11.5 Å². The summed E-state index contributed by atoms with van der Waals surface area (Å²) in [5.74, 6) is 1.18. The van der Waals surface area contributed by atoms with E-state index in [-0.39, 0.29) is 5.97 Å². The minimum atomic E-state index is -0.962. The average molecular weight is 416 g/mol. The highest BCUT2D eigenvalue weighted by Crippen LogP contribution is 2.50. The molecule has 4 rings (SSSR count). The largest absolute Gasteiger partial charge is 0.463 e.